The zero-order chi connectivity index (χ0) is 17.6. The van der Waals surface area contributed by atoms with Gasteiger partial charge in [-0.25, -0.2) is 4.98 Å². The van der Waals surface area contributed by atoms with Crippen molar-refractivity contribution >= 4 is 11.5 Å². The molecule has 0 atom stereocenters. The topological polar surface area (TPSA) is 81.4 Å². The average molecular weight is 336 g/mol. The molecule has 7 heteroatoms. The maximum absolute atomic E-state index is 11.6. The molecule has 0 saturated carbocycles. The van der Waals surface area contributed by atoms with Gasteiger partial charge in [-0.05, 0) is 17.7 Å². The van der Waals surface area contributed by atoms with Crippen LogP contribution in [0.3, 0.4) is 0 Å². The molecule has 7 nitrogen and oxygen atoms in total. The Hall–Kier alpha value is -3.48. The second-order valence-corrected chi connectivity index (χ2v) is 5.36. The van der Waals surface area contributed by atoms with E-state index in [0.29, 0.717) is 12.3 Å². The molecular weight excluding hydrogens is 320 g/mol. The molecule has 0 saturated heterocycles. The first kappa shape index (κ1) is 16.4. The fourth-order valence-electron chi connectivity index (χ4n) is 2.40. The Morgan fingerprint density at radius 1 is 1.04 bits per heavy atom. The Balaban J connectivity index is 1.93. The highest BCUT2D eigenvalue weighted by Gasteiger charge is 2.27. The van der Waals surface area contributed by atoms with E-state index in [1.807, 2.05) is 36.4 Å². The molecule has 0 N–H and O–H groups in total. The van der Waals surface area contributed by atoms with Crippen molar-refractivity contribution in [3.8, 4) is 11.6 Å². The van der Waals surface area contributed by atoms with E-state index in [1.165, 1.54) is 6.33 Å². The number of anilines is 1. The summed E-state index contributed by atoms with van der Waals surface area (Å²) in [6.07, 6.45) is 1.27. The van der Waals surface area contributed by atoms with Gasteiger partial charge in [-0.2, -0.15) is 4.98 Å². The third-order valence-electron chi connectivity index (χ3n) is 3.53. The van der Waals surface area contributed by atoms with Gasteiger partial charge in [0, 0.05) is 13.6 Å². The van der Waals surface area contributed by atoms with Crippen LogP contribution in [-0.2, 0) is 6.54 Å². The smallest absolute Gasteiger partial charge is 0.373 e. The highest BCUT2D eigenvalue weighted by atomic mass is 16.6. The second-order valence-electron chi connectivity index (χ2n) is 5.36. The lowest BCUT2D eigenvalue weighted by Crippen LogP contribution is -2.19. The van der Waals surface area contributed by atoms with Crippen LogP contribution in [0.2, 0.25) is 0 Å². The van der Waals surface area contributed by atoms with Crippen molar-refractivity contribution in [3.63, 3.8) is 0 Å². The van der Waals surface area contributed by atoms with Crippen molar-refractivity contribution in [1.82, 2.24) is 9.97 Å². The van der Waals surface area contributed by atoms with Gasteiger partial charge in [0.25, 0.3) is 0 Å². The van der Waals surface area contributed by atoms with Crippen LogP contribution in [0.5, 0.6) is 11.6 Å². The van der Waals surface area contributed by atoms with Gasteiger partial charge in [0.05, 0.1) is 4.92 Å². The minimum Gasteiger partial charge on any atom is -0.434 e. The number of rotatable bonds is 6. The van der Waals surface area contributed by atoms with E-state index in [9.17, 15) is 10.1 Å². The van der Waals surface area contributed by atoms with E-state index >= 15 is 0 Å². The van der Waals surface area contributed by atoms with Crippen LogP contribution in [-0.4, -0.2) is 21.9 Å². The molecule has 0 aliphatic heterocycles. The molecule has 0 unspecified atom stereocenters. The second kappa shape index (κ2) is 7.39. The van der Waals surface area contributed by atoms with Crippen molar-refractivity contribution < 1.29 is 9.66 Å². The number of nitrogens with zero attached hydrogens (tertiary/aromatic N) is 4. The predicted molar refractivity (Wildman–Crippen MR) is 93.8 cm³/mol. The van der Waals surface area contributed by atoms with E-state index in [1.54, 1.807) is 36.2 Å². The fraction of sp³-hybridized carbons (Fsp3) is 0.111. The summed E-state index contributed by atoms with van der Waals surface area (Å²) in [5.41, 5.74) is 0.758. The first-order chi connectivity index (χ1) is 12.1. The monoisotopic (exact) mass is 336 g/mol. The largest absolute Gasteiger partial charge is 0.434 e. The third kappa shape index (κ3) is 3.89. The predicted octanol–water partition coefficient (Wildman–Crippen LogP) is 3.81. The zero-order valence-electron chi connectivity index (χ0n) is 13.6. The fourth-order valence-corrected chi connectivity index (χ4v) is 2.40. The zero-order valence-corrected chi connectivity index (χ0v) is 13.6. The Morgan fingerprint density at radius 3 is 2.32 bits per heavy atom. The average Bonchev–Trinajstić information content (AvgIpc) is 2.63. The minimum atomic E-state index is -0.519. The summed E-state index contributed by atoms with van der Waals surface area (Å²) >= 11 is 0. The molecule has 0 fully saturated rings. The molecule has 3 rings (SSSR count). The van der Waals surface area contributed by atoms with E-state index in [0.717, 1.165) is 5.56 Å². The summed E-state index contributed by atoms with van der Waals surface area (Å²) in [5.74, 6) is 0.594. The van der Waals surface area contributed by atoms with Crippen LogP contribution in [0.15, 0.2) is 67.0 Å². The number of aromatic nitrogens is 2. The first-order valence-electron chi connectivity index (χ1n) is 7.62. The van der Waals surface area contributed by atoms with Crippen LogP contribution in [0.25, 0.3) is 0 Å². The highest BCUT2D eigenvalue weighted by Crippen LogP contribution is 2.35. The molecule has 25 heavy (non-hydrogen) atoms. The molecule has 1 heterocycles. The van der Waals surface area contributed by atoms with Crippen LogP contribution < -0.4 is 9.64 Å². The SMILES string of the molecule is CN(Cc1ccccc1)c1ncnc(Oc2ccccc2)c1[N+](=O)[O-]. The van der Waals surface area contributed by atoms with Gasteiger partial charge in [0.15, 0.2) is 0 Å². The van der Waals surface area contributed by atoms with Crippen molar-refractivity contribution in [2.24, 2.45) is 0 Å². The van der Waals surface area contributed by atoms with Crippen LogP contribution in [0.4, 0.5) is 11.5 Å². The van der Waals surface area contributed by atoms with Gasteiger partial charge < -0.3 is 9.64 Å². The Bertz CT molecular complexity index is 857. The summed E-state index contributed by atoms with van der Waals surface area (Å²) < 4.78 is 5.59. The summed E-state index contributed by atoms with van der Waals surface area (Å²) in [7, 11) is 1.74. The molecule has 0 radical (unpaired) electrons. The first-order valence-corrected chi connectivity index (χ1v) is 7.62. The summed E-state index contributed by atoms with van der Waals surface area (Å²) in [6, 6.07) is 18.5. The minimum absolute atomic E-state index is 0.0823. The molecule has 2 aromatic carbocycles. The summed E-state index contributed by atoms with van der Waals surface area (Å²) in [4.78, 5) is 20.8. The molecule has 0 amide bonds. The van der Waals surface area contributed by atoms with Crippen molar-refractivity contribution in [1.29, 1.82) is 0 Å². The van der Waals surface area contributed by atoms with E-state index in [4.69, 9.17) is 4.74 Å². The lowest BCUT2D eigenvalue weighted by atomic mass is 10.2. The highest BCUT2D eigenvalue weighted by molar-refractivity contribution is 5.63. The van der Waals surface area contributed by atoms with Crippen LogP contribution in [0, 0.1) is 10.1 Å². The maximum Gasteiger partial charge on any atom is 0.373 e. The lowest BCUT2D eigenvalue weighted by molar-refractivity contribution is -0.385. The van der Waals surface area contributed by atoms with Gasteiger partial charge in [-0.1, -0.05) is 48.5 Å². The normalized spacial score (nSPS) is 10.3. The molecule has 3 aromatic rings. The van der Waals surface area contributed by atoms with Crippen LogP contribution in [0.1, 0.15) is 5.56 Å². The molecular formula is C18H16N4O3. The molecule has 0 aliphatic carbocycles. The standard InChI is InChI=1S/C18H16N4O3/c1-21(12-14-8-4-2-5-9-14)17-16(22(23)24)18(20-13-19-17)25-15-10-6-3-7-11-15/h2-11,13H,12H2,1H3. The number of hydrogen-bond acceptors (Lipinski definition) is 6. The van der Waals surface area contributed by atoms with Crippen molar-refractivity contribution in [2.75, 3.05) is 11.9 Å². The Kier molecular flexibility index (Phi) is 4.84. The van der Waals surface area contributed by atoms with Crippen molar-refractivity contribution in [3.05, 3.63) is 82.7 Å². The third-order valence-corrected chi connectivity index (χ3v) is 3.53. The van der Waals surface area contributed by atoms with Gasteiger partial charge >= 0.3 is 11.6 Å². The molecule has 126 valence electrons. The lowest BCUT2D eigenvalue weighted by Gasteiger charge is -2.18. The van der Waals surface area contributed by atoms with Gasteiger partial charge in [0.2, 0.25) is 5.82 Å². The Morgan fingerprint density at radius 2 is 1.68 bits per heavy atom. The number of hydrogen-bond donors (Lipinski definition) is 0. The van der Waals surface area contributed by atoms with Crippen molar-refractivity contribution in [2.45, 2.75) is 6.54 Å². The quantitative estimate of drug-likeness (QED) is 0.503. The number of para-hydroxylation sites is 1. The van der Waals surface area contributed by atoms with Gasteiger partial charge in [0.1, 0.15) is 12.1 Å². The number of benzene rings is 2. The maximum atomic E-state index is 11.6. The number of nitro groups is 1. The van der Waals surface area contributed by atoms with E-state index in [-0.39, 0.29) is 17.4 Å². The summed E-state index contributed by atoms with van der Waals surface area (Å²) in [5, 5.41) is 11.6. The van der Waals surface area contributed by atoms with Gasteiger partial charge in [-0.3, -0.25) is 10.1 Å². The Labute approximate surface area is 144 Å². The van der Waals surface area contributed by atoms with Crippen LogP contribution >= 0.6 is 0 Å². The molecule has 0 aliphatic rings. The van der Waals surface area contributed by atoms with E-state index < -0.39 is 4.92 Å². The molecule has 0 spiro atoms. The number of ether oxygens (including phenoxy) is 1. The molecule has 0 bridgehead atoms. The van der Waals surface area contributed by atoms with E-state index in [2.05, 4.69) is 9.97 Å². The van der Waals surface area contributed by atoms with Gasteiger partial charge in [-0.15, -0.1) is 0 Å². The summed E-state index contributed by atoms with van der Waals surface area (Å²) in [6.45, 7) is 0.476. The molecule has 1 aromatic heterocycles.